The van der Waals surface area contributed by atoms with E-state index < -0.39 is 41.8 Å². The van der Waals surface area contributed by atoms with Crippen LogP contribution in [0.5, 0.6) is 5.75 Å². The molecule has 11 heteroatoms. The number of nitrogens with one attached hydrogen (secondary N) is 3. The molecule has 0 aliphatic rings. The summed E-state index contributed by atoms with van der Waals surface area (Å²) in [5.41, 5.74) is 5.93. The van der Waals surface area contributed by atoms with Gasteiger partial charge in [0.05, 0.1) is 6.54 Å². The molecule has 0 aliphatic carbocycles. The third-order valence-electron chi connectivity index (χ3n) is 4.69. The molecule has 7 N–H and O–H groups in total. The van der Waals surface area contributed by atoms with Crippen LogP contribution in [0.3, 0.4) is 0 Å². The fraction of sp³-hybridized carbons (Fsp3) is 0.524. The summed E-state index contributed by atoms with van der Waals surface area (Å²) in [5.74, 6) is -2.59. The van der Waals surface area contributed by atoms with Crippen LogP contribution in [0.2, 0.25) is 0 Å². The highest BCUT2D eigenvalue weighted by Crippen LogP contribution is 2.12. The second-order valence-electron chi connectivity index (χ2n) is 7.61. The van der Waals surface area contributed by atoms with Crippen molar-refractivity contribution >= 4 is 35.5 Å². The number of phenols is 1. The molecule has 1 aromatic carbocycles. The number of aliphatic carboxylic acids is 1. The number of nitrogens with two attached hydrogens (primary N) is 1. The molecule has 0 aliphatic heterocycles. The molecule has 3 atom stereocenters. The number of amides is 3. The number of hydrogen-bond donors (Lipinski definition) is 6. The Kier molecular flexibility index (Phi) is 11.6. The van der Waals surface area contributed by atoms with Gasteiger partial charge in [-0.05, 0) is 42.0 Å². The van der Waals surface area contributed by atoms with Crippen LogP contribution < -0.4 is 21.7 Å². The van der Waals surface area contributed by atoms with Gasteiger partial charge in [-0.1, -0.05) is 26.0 Å². The average molecular weight is 469 g/mol. The van der Waals surface area contributed by atoms with E-state index in [-0.39, 0.29) is 24.6 Å². The number of aromatic hydroxyl groups is 1. The van der Waals surface area contributed by atoms with Crippen molar-refractivity contribution in [2.75, 3.05) is 18.6 Å². The quantitative estimate of drug-likeness (QED) is 0.232. The van der Waals surface area contributed by atoms with Gasteiger partial charge in [-0.3, -0.25) is 14.4 Å². The van der Waals surface area contributed by atoms with E-state index in [1.54, 1.807) is 26.0 Å². The molecule has 0 aromatic heterocycles. The molecule has 0 saturated heterocycles. The van der Waals surface area contributed by atoms with Crippen molar-refractivity contribution in [3.63, 3.8) is 0 Å². The maximum absolute atomic E-state index is 12.9. The first-order valence-corrected chi connectivity index (χ1v) is 11.6. The summed E-state index contributed by atoms with van der Waals surface area (Å²) in [7, 11) is 0. The number of carboxylic acids is 1. The van der Waals surface area contributed by atoms with Crippen molar-refractivity contribution in [1.29, 1.82) is 0 Å². The zero-order valence-electron chi connectivity index (χ0n) is 18.5. The Hall–Kier alpha value is -2.79. The SMILES string of the molecule is CSCCC(NC(=O)CN)C(=O)NC(C(=O)NC(Cc1ccc(O)cc1)C(=O)O)C(C)C. The van der Waals surface area contributed by atoms with Gasteiger partial charge in [-0.15, -0.1) is 0 Å². The molecule has 0 saturated carbocycles. The fourth-order valence-electron chi connectivity index (χ4n) is 2.88. The van der Waals surface area contributed by atoms with E-state index in [9.17, 15) is 29.4 Å². The minimum Gasteiger partial charge on any atom is -0.508 e. The van der Waals surface area contributed by atoms with E-state index in [1.807, 2.05) is 6.26 Å². The molecule has 1 aromatic rings. The van der Waals surface area contributed by atoms with Gasteiger partial charge >= 0.3 is 5.97 Å². The first kappa shape index (κ1) is 27.2. The van der Waals surface area contributed by atoms with Gasteiger partial charge in [-0.2, -0.15) is 11.8 Å². The van der Waals surface area contributed by atoms with Crippen molar-refractivity contribution in [3.8, 4) is 5.75 Å². The zero-order chi connectivity index (χ0) is 24.3. The van der Waals surface area contributed by atoms with E-state index in [0.29, 0.717) is 17.7 Å². The van der Waals surface area contributed by atoms with E-state index in [1.165, 1.54) is 23.9 Å². The van der Waals surface area contributed by atoms with Crippen molar-refractivity contribution < 1.29 is 29.4 Å². The predicted molar refractivity (Wildman–Crippen MR) is 122 cm³/mol. The lowest BCUT2D eigenvalue weighted by atomic mass is 10.0. The average Bonchev–Trinajstić information content (AvgIpc) is 2.74. The van der Waals surface area contributed by atoms with Crippen LogP contribution in [0.1, 0.15) is 25.8 Å². The normalized spacial score (nSPS) is 13.7. The molecule has 0 fully saturated rings. The van der Waals surface area contributed by atoms with Crippen molar-refractivity contribution in [2.24, 2.45) is 11.7 Å². The Morgan fingerprint density at radius 3 is 2.12 bits per heavy atom. The Morgan fingerprint density at radius 2 is 1.62 bits per heavy atom. The van der Waals surface area contributed by atoms with Gasteiger partial charge < -0.3 is 31.9 Å². The topological polar surface area (TPSA) is 171 Å². The Labute approximate surface area is 191 Å². The summed E-state index contributed by atoms with van der Waals surface area (Å²) < 4.78 is 0. The standard InChI is InChI=1S/C21H32N4O6S/c1-12(2)18(25-19(28)15(8-9-32-3)23-17(27)11-22)20(29)24-16(21(30)31)10-13-4-6-14(26)7-5-13/h4-7,12,15-16,18,26H,8-11,22H2,1-3H3,(H,23,27)(H,24,29)(H,25,28)(H,30,31). The number of thioether (sulfide) groups is 1. The molecule has 10 nitrogen and oxygen atoms in total. The number of rotatable bonds is 13. The van der Waals surface area contributed by atoms with Crippen LogP contribution in [0.15, 0.2) is 24.3 Å². The van der Waals surface area contributed by atoms with Gasteiger partial charge in [-0.25, -0.2) is 4.79 Å². The van der Waals surface area contributed by atoms with E-state index in [2.05, 4.69) is 16.0 Å². The summed E-state index contributed by atoms with van der Waals surface area (Å²) >= 11 is 1.50. The molecule has 178 valence electrons. The Morgan fingerprint density at radius 1 is 1.00 bits per heavy atom. The molecule has 0 radical (unpaired) electrons. The lowest BCUT2D eigenvalue weighted by Crippen LogP contribution is -2.58. The number of carbonyl (C=O) groups excluding carboxylic acids is 3. The van der Waals surface area contributed by atoms with Crippen molar-refractivity contribution in [1.82, 2.24) is 16.0 Å². The van der Waals surface area contributed by atoms with Crippen LogP contribution in [0.4, 0.5) is 0 Å². The minimum absolute atomic E-state index is 0.00300. The second kappa shape index (κ2) is 13.6. The van der Waals surface area contributed by atoms with Crippen LogP contribution in [0, 0.1) is 5.92 Å². The maximum atomic E-state index is 12.9. The van der Waals surface area contributed by atoms with Crippen molar-refractivity contribution in [3.05, 3.63) is 29.8 Å². The van der Waals surface area contributed by atoms with Gasteiger partial charge in [0.1, 0.15) is 23.9 Å². The highest BCUT2D eigenvalue weighted by Gasteiger charge is 2.31. The first-order chi connectivity index (χ1) is 15.1. The zero-order valence-corrected chi connectivity index (χ0v) is 19.3. The molecule has 0 bridgehead atoms. The molecule has 1 rings (SSSR count). The fourth-order valence-corrected chi connectivity index (χ4v) is 3.35. The van der Waals surface area contributed by atoms with Crippen LogP contribution in [0.25, 0.3) is 0 Å². The van der Waals surface area contributed by atoms with Crippen LogP contribution in [-0.2, 0) is 25.6 Å². The summed E-state index contributed by atoms with van der Waals surface area (Å²) in [4.78, 5) is 49.0. The largest absolute Gasteiger partial charge is 0.508 e. The first-order valence-electron chi connectivity index (χ1n) is 10.2. The summed E-state index contributed by atoms with van der Waals surface area (Å²) in [6.45, 7) is 3.17. The van der Waals surface area contributed by atoms with Gasteiger partial charge in [0.2, 0.25) is 17.7 Å². The van der Waals surface area contributed by atoms with E-state index in [4.69, 9.17) is 5.73 Å². The highest BCUT2D eigenvalue weighted by molar-refractivity contribution is 7.98. The third kappa shape index (κ3) is 9.15. The van der Waals surface area contributed by atoms with Crippen molar-refractivity contribution in [2.45, 2.75) is 44.8 Å². The maximum Gasteiger partial charge on any atom is 0.326 e. The lowest BCUT2D eigenvalue weighted by Gasteiger charge is -2.26. The van der Waals surface area contributed by atoms with E-state index in [0.717, 1.165) is 0 Å². The summed E-state index contributed by atoms with van der Waals surface area (Å²) in [6.07, 6.45) is 2.22. The number of carbonyl (C=O) groups is 4. The van der Waals surface area contributed by atoms with Gasteiger partial charge in [0.25, 0.3) is 0 Å². The highest BCUT2D eigenvalue weighted by atomic mass is 32.2. The summed E-state index contributed by atoms with van der Waals surface area (Å²) in [5, 5.41) is 26.6. The third-order valence-corrected chi connectivity index (χ3v) is 5.33. The molecule has 3 amide bonds. The molecular formula is C21H32N4O6S. The molecule has 0 spiro atoms. The monoisotopic (exact) mass is 468 g/mol. The van der Waals surface area contributed by atoms with Crippen LogP contribution in [-0.4, -0.2) is 70.6 Å². The number of benzene rings is 1. The van der Waals surface area contributed by atoms with Gasteiger partial charge in [0, 0.05) is 6.42 Å². The minimum atomic E-state index is -1.23. The van der Waals surface area contributed by atoms with Crippen LogP contribution >= 0.6 is 11.8 Å². The smallest absolute Gasteiger partial charge is 0.326 e. The van der Waals surface area contributed by atoms with Gasteiger partial charge in [0.15, 0.2) is 0 Å². The Bertz CT molecular complexity index is 787. The number of hydrogen-bond acceptors (Lipinski definition) is 7. The molecule has 32 heavy (non-hydrogen) atoms. The number of carboxylic acid groups (broad SMARTS) is 1. The number of phenolic OH excluding ortho intramolecular Hbond substituents is 1. The summed E-state index contributed by atoms with van der Waals surface area (Å²) in [6, 6.07) is 2.89. The molecular weight excluding hydrogens is 436 g/mol. The molecule has 3 unspecified atom stereocenters. The second-order valence-corrected chi connectivity index (χ2v) is 8.59. The molecule has 0 heterocycles. The Balaban J connectivity index is 2.91. The lowest BCUT2D eigenvalue weighted by molar-refractivity contribution is -0.142. The predicted octanol–water partition coefficient (Wildman–Crippen LogP) is -0.158. The van der Waals surface area contributed by atoms with E-state index >= 15 is 0 Å².